The lowest BCUT2D eigenvalue weighted by atomic mass is 10.1. The summed E-state index contributed by atoms with van der Waals surface area (Å²) in [6.07, 6.45) is 0.740. The smallest absolute Gasteiger partial charge is 0.257 e. The first kappa shape index (κ1) is 21.2. The van der Waals surface area contributed by atoms with Gasteiger partial charge in [0, 0.05) is 44.4 Å². The summed E-state index contributed by atoms with van der Waals surface area (Å²) >= 11 is 0. The van der Waals surface area contributed by atoms with Crippen LogP contribution >= 0.6 is 0 Å². The molecule has 0 aliphatic carbocycles. The van der Waals surface area contributed by atoms with E-state index in [2.05, 4.69) is 4.90 Å². The highest BCUT2D eigenvalue weighted by atomic mass is 19.1. The lowest BCUT2D eigenvalue weighted by molar-refractivity contribution is 0.0355. The Kier molecular flexibility index (Phi) is 7.55. The first-order chi connectivity index (χ1) is 14.1. The predicted molar refractivity (Wildman–Crippen MR) is 106 cm³/mol. The second-order valence-electron chi connectivity index (χ2n) is 6.97. The molecule has 1 amide bonds. The zero-order valence-corrected chi connectivity index (χ0v) is 16.6. The molecule has 29 heavy (non-hydrogen) atoms. The Morgan fingerprint density at radius 3 is 2.66 bits per heavy atom. The molecule has 0 saturated carbocycles. The molecule has 2 aromatic rings. The third-order valence-corrected chi connectivity index (χ3v) is 5.01. The number of morpholine rings is 1. The average molecular weight is 404 g/mol. The van der Waals surface area contributed by atoms with Crippen LogP contribution in [0, 0.1) is 11.6 Å². The van der Waals surface area contributed by atoms with Crippen LogP contribution in [0.3, 0.4) is 0 Å². The summed E-state index contributed by atoms with van der Waals surface area (Å²) in [6.45, 7) is 4.72. The molecule has 0 unspecified atom stereocenters. The van der Waals surface area contributed by atoms with E-state index in [1.165, 1.54) is 6.07 Å². The molecule has 0 atom stereocenters. The van der Waals surface area contributed by atoms with E-state index in [0.29, 0.717) is 25.5 Å². The van der Waals surface area contributed by atoms with Gasteiger partial charge in [-0.15, -0.1) is 0 Å². The van der Waals surface area contributed by atoms with E-state index in [-0.39, 0.29) is 12.1 Å². The maximum absolute atomic E-state index is 14.2. The first-order valence-electron chi connectivity index (χ1n) is 9.75. The number of rotatable bonds is 8. The third kappa shape index (κ3) is 5.74. The monoisotopic (exact) mass is 404 g/mol. The van der Waals surface area contributed by atoms with Gasteiger partial charge in [0.05, 0.1) is 25.9 Å². The number of halogens is 2. The van der Waals surface area contributed by atoms with Crippen LogP contribution in [-0.4, -0.2) is 62.2 Å². The first-order valence-corrected chi connectivity index (χ1v) is 9.75. The highest BCUT2D eigenvalue weighted by molar-refractivity contribution is 5.94. The lowest BCUT2D eigenvalue weighted by Gasteiger charge is -2.29. The number of ether oxygens (including phenoxy) is 2. The normalized spacial score (nSPS) is 14.6. The summed E-state index contributed by atoms with van der Waals surface area (Å²) in [6, 6.07) is 10.5. The molecular formula is C22H26F2N2O3. The molecule has 0 radical (unpaired) electrons. The van der Waals surface area contributed by atoms with Gasteiger partial charge < -0.3 is 14.4 Å². The maximum Gasteiger partial charge on any atom is 0.257 e. The molecule has 0 N–H and O–H groups in total. The Hall–Kier alpha value is -2.51. The van der Waals surface area contributed by atoms with Gasteiger partial charge in [0.2, 0.25) is 0 Å². The van der Waals surface area contributed by atoms with E-state index in [0.717, 1.165) is 43.8 Å². The summed E-state index contributed by atoms with van der Waals surface area (Å²) < 4.78 is 38.2. The minimum Gasteiger partial charge on any atom is -0.496 e. The Morgan fingerprint density at radius 2 is 1.93 bits per heavy atom. The number of carbonyl (C=O) groups excluding carboxylic acids is 1. The van der Waals surface area contributed by atoms with Crippen LogP contribution in [-0.2, 0) is 11.3 Å². The fourth-order valence-corrected chi connectivity index (χ4v) is 3.43. The van der Waals surface area contributed by atoms with E-state index in [9.17, 15) is 13.6 Å². The molecule has 0 aromatic heterocycles. The standard InChI is InChI=1S/C22H26F2N2O3/c1-28-21-6-3-2-5-17(21)16-26(10-4-9-25-11-13-29-14-12-25)22(27)19-8-7-18(23)15-20(19)24/h2-3,5-8,15H,4,9-14,16H2,1H3. The van der Waals surface area contributed by atoms with E-state index in [1.807, 2.05) is 24.3 Å². The second-order valence-corrected chi connectivity index (χ2v) is 6.97. The quantitative estimate of drug-likeness (QED) is 0.677. The Morgan fingerprint density at radius 1 is 1.17 bits per heavy atom. The Bertz CT molecular complexity index is 825. The van der Waals surface area contributed by atoms with Crippen molar-refractivity contribution in [1.82, 2.24) is 9.80 Å². The number of benzene rings is 2. The van der Waals surface area contributed by atoms with Gasteiger partial charge in [-0.05, 0) is 24.6 Å². The third-order valence-electron chi connectivity index (χ3n) is 5.01. The zero-order valence-electron chi connectivity index (χ0n) is 16.6. The topological polar surface area (TPSA) is 42.0 Å². The van der Waals surface area contributed by atoms with Crippen molar-refractivity contribution in [3.8, 4) is 5.75 Å². The van der Waals surface area contributed by atoms with E-state index >= 15 is 0 Å². The maximum atomic E-state index is 14.2. The molecule has 5 nitrogen and oxygen atoms in total. The molecule has 156 valence electrons. The van der Waals surface area contributed by atoms with Crippen LogP contribution in [0.5, 0.6) is 5.75 Å². The van der Waals surface area contributed by atoms with Crippen molar-refractivity contribution in [2.45, 2.75) is 13.0 Å². The summed E-state index contributed by atoms with van der Waals surface area (Å²) in [5.41, 5.74) is 0.699. The van der Waals surface area contributed by atoms with Gasteiger partial charge in [0.25, 0.3) is 5.91 Å². The van der Waals surface area contributed by atoms with Crippen molar-refractivity contribution in [3.05, 3.63) is 65.2 Å². The second kappa shape index (κ2) is 10.3. The molecule has 1 heterocycles. The van der Waals surface area contributed by atoms with Crippen LogP contribution in [0.4, 0.5) is 8.78 Å². The summed E-state index contributed by atoms with van der Waals surface area (Å²) in [4.78, 5) is 16.9. The fraction of sp³-hybridized carbons (Fsp3) is 0.409. The molecule has 0 spiro atoms. The van der Waals surface area contributed by atoms with Gasteiger partial charge >= 0.3 is 0 Å². The Balaban J connectivity index is 1.75. The highest BCUT2D eigenvalue weighted by Gasteiger charge is 2.21. The van der Waals surface area contributed by atoms with Crippen molar-refractivity contribution >= 4 is 5.91 Å². The molecular weight excluding hydrogens is 378 g/mol. The van der Waals surface area contributed by atoms with Crippen LogP contribution in [0.2, 0.25) is 0 Å². The van der Waals surface area contributed by atoms with E-state index < -0.39 is 17.5 Å². The van der Waals surface area contributed by atoms with Crippen LogP contribution in [0.15, 0.2) is 42.5 Å². The van der Waals surface area contributed by atoms with Gasteiger partial charge in [-0.2, -0.15) is 0 Å². The fourth-order valence-electron chi connectivity index (χ4n) is 3.43. The number of para-hydroxylation sites is 1. The SMILES string of the molecule is COc1ccccc1CN(CCCN1CCOCC1)C(=O)c1ccc(F)cc1F. The lowest BCUT2D eigenvalue weighted by Crippen LogP contribution is -2.39. The molecule has 1 saturated heterocycles. The summed E-state index contributed by atoms with van der Waals surface area (Å²) in [5, 5.41) is 0. The van der Waals surface area contributed by atoms with Crippen LogP contribution in [0.1, 0.15) is 22.3 Å². The van der Waals surface area contributed by atoms with E-state index in [4.69, 9.17) is 9.47 Å². The van der Waals surface area contributed by atoms with Gasteiger partial charge in [-0.1, -0.05) is 18.2 Å². The summed E-state index contributed by atoms with van der Waals surface area (Å²) in [5.74, 6) is -1.36. The van der Waals surface area contributed by atoms with Gasteiger partial charge in [0.15, 0.2) is 0 Å². The molecule has 3 rings (SSSR count). The zero-order chi connectivity index (χ0) is 20.6. The minimum atomic E-state index is -0.854. The summed E-state index contributed by atoms with van der Waals surface area (Å²) in [7, 11) is 1.57. The number of hydrogen-bond acceptors (Lipinski definition) is 4. The van der Waals surface area contributed by atoms with Gasteiger partial charge in [-0.25, -0.2) is 8.78 Å². The number of amides is 1. The molecule has 1 fully saturated rings. The average Bonchev–Trinajstić information content (AvgIpc) is 2.73. The molecule has 0 bridgehead atoms. The Labute approximate surface area is 169 Å². The molecule has 2 aromatic carbocycles. The van der Waals surface area contributed by atoms with E-state index in [1.54, 1.807) is 12.0 Å². The largest absolute Gasteiger partial charge is 0.496 e. The van der Waals surface area contributed by atoms with Crippen molar-refractivity contribution < 1.29 is 23.0 Å². The van der Waals surface area contributed by atoms with Gasteiger partial charge in [-0.3, -0.25) is 9.69 Å². The number of hydrogen-bond donors (Lipinski definition) is 0. The minimum absolute atomic E-state index is 0.132. The predicted octanol–water partition coefficient (Wildman–Crippen LogP) is 3.34. The van der Waals surface area contributed by atoms with Gasteiger partial charge in [0.1, 0.15) is 17.4 Å². The number of methoxy groups -OCH3 is 1. The van der Waals surface area contributed by atoms with Crippen molar-refractivity contribution in [1.29, 1.82) is 0 Å². The molecule has 7 heteroatoms. The number of nitrogens with zero attached hydrogens (tertiary/aromatic N) is 2. The molecule has 1 aliphatic rings. The van der Waals surface area contributed by atoms with Crippen LogP contribution < -0.4 is 4.74 Å². The van der Waals surface area contributed by atoms with Crippen molar-refractivity contribution in [2.24, 2.45) is 0 Å². The highest BCUT2D eigenvalue weighted by Crippen LogP contribution is 2.21. The van der Waals surface area contributed by atoms with Crippen LogP contribution in [0.25, 0.3) is 0 Å². The number of carbonyl (C=O) groups is 1. The van der Waals surface area contributed by atoms with Crippen molar-refractivity contribution in [3.63, 3.8) is 0 Å². The van der Waals surface area contributed by atoms with Crippen molar-refractivity contribution in [2.75, 3.05) is 46.5 Å². The molecule has 1 aliphatic heterocycles.